The Morgan fingerprint density at radius 1 is 1.06 bits per heavy atom. The lowest BCUT2D eigenvalue weighted by molar-refractivity contribution is -0.386. The van der Waals surface area contributed by atoms with E-state index in [0.29, 0.717) is 35.2 Å². The zero-order valence-electron chi connectivity index (χ0n) is 18.8. The number of nitro groups is 1. The predicted molar refractivity (Wildman–Crippen MR) is 127 cm³/mol. The minimum atomic E-state index is -0.416. The number of nitrogens with one attached hydrogen (secondary N) is 1. The monoisotopic (exact) mass is 464 g/mol. The second-order valence-corrected chi connectivity index (χ2v) is 8.94. The van der Waals surface area contributed by atoms with Gasteiger partial charge in [-0.05, 0) is 50.3 Å². The Morgan fingerprint density at radius 2 is 1.82 bits per heavy atom. The second-order valence-electron chi connectivity index (χ2n) is 8.03. The average molecular weight is 465 g/mol. The van der Waals surface area contributed by atoms with Gasteiger partial charge in [-0.15, -0.1) is 11.3 Å². The van der Waals surface area contributed by atoms with Crippen LogP contribution >= 0.6 is 11.3 Å². The van der Waals surface area contributed by atoms with Crippen molar-refractivity contribution in [2.45, 2.75) is 40.8 Å². The lowest BCUT2D eigenvalue weighted by Gasteiger charge is -2.05. The molecule has 0 atom stereocenters. The summed E-state index contributed by atoms with van der Waals surface area (Å²) in [5, 5.41) is 24.7. The van der Waals surface area contributed by atoms with Crippen LogP contribution in [0.25, 0.3) is 0 Å². The van der Waals surface area contributed by atoms with Gasteiger partial charge in [-0.25, -0.2) is 0 Å². The molecule has 33 heavy (non-hydrogen) atoms. The first-order valence-electron chi connectivity index (χ1n) is 10.4. The quantitative estimate of drug-likeness (QED) is 0.317. The van der Waals surface area contributed by atoms with Crippen LogP contribution < -0.4 is 5.32 Å². The number of benzene rings is 1. The number of aromatic nitrogens is 4. The third kappa shape index (κ3) is 4.85. The summed E-state index contributed by atoms with van der Waals surface area (Å²) in [5.41, 5.74) is 5.03. The van der Waals surface area contributed by atoms with Crippen molar-refractivity contribution < 1.29 is 9.72 Å². The molecule has 0 bridgehead atoms. The van der Waals surface area contributed by atoms with E-state index in [2.05, 4.69) is 40.6 Å². The van der Waals surface area contributed by atoms with Gasteiger partial charge in [0, 0.05) is 11.8 Å². The Bertz CT molecular complexity index is 1350. The molecule has 0 radical (unpaired) electrons. The molecular weight excluding hydrogens is 440 g/mol. The van der Waals surface area contributed by atoms with Crippen LogP contribution in [0.3, 0.4) is 0 Å². The number of amides is 1. The second kappa shape index (κ2) is 8.99. The van der Waals surface area contributed by atoms with E-state index in [-0.39, 0.29) is 11.6 Å². The molecule has 0 saturated heterocycles. The summed E-state index contributed by atoms with van der Waals surface area (Å²) >= 11 is 1.31. The van der Waals surface area contributed by atoms with Gasteiger partial charge in [0.2, 0.25) is 0 Å². The summed E-state index contributed by atoms with van der Waals surface area (Å²) in [6.07, 6.45) is 0. The van der Waals surface area contributed by atoms with Crippen molar-refractivity contribution in [1.29, 1.82) is 0 Å². The highest BCUT2D eigenvalue weighted by atomic mass is 32.1. The van der Waals surface area contributed by atoms with Gasteiger partial charge in [0.05, 0.1) is 22.9 Å². The van der Waals surface area contributed by atoms with Crippen molar-refractivity contribution in [2.75, 3.05) is 5.32 Å². The lowest BCUT2D eigenvalue weighted by atomic mass is 10.1. The zero-order chi connectivity index (χ0) is 23.7. The number of rotatable bonds is 7. The van der Waals surface area contributed by atoms with Gasteiger partial charge < -0.3 is 5.32 Å². The highest BCUT2D eigenvalue weighted by Gasteiger charge is 2.22. The molecule has 4 rings (SSSR count). The summed E-state index contributed by atoms with van der Waals surface area (Å²) in [5.74, 6) is 0.250. The van der Waals surface area contributed by atoms with Crippen molar-refractivity contribution in [1.82, 2.24) is 19.6 Å². The van der Waals surface area contributed by atoms with Crippen LogP contribution in [0.4, 0.5) is 11.5 Å². The van der Waals surface area contributed by atoms with Crippen LogP contribution in [0.15, 0.2) is 41.8 Å². The molecule has 3 aromatic heterocycles. The van der Waals surface area contributed by atoms with Gasteiger partial charge in [0.1, 0.15) is 11.4 Å². The maximum absolute atomic E-state index is 12.8. The van der Waals surface area contributed by atoms with E-state index >= 15 is 0 Å². The van der Waals surface area contributed by atoms with Gasteiger partial charge in [0.15, 0.2) is 5.82 Å². The summed E-state index contributed by atoms with van der Waals surface area (Å²) in [6.45, 7) is 8.28. The largest absolute Gasteiger partial charge is 0.312 e. The van der Waals surface area contributed by atoms with E-state index in [9.17, 15) is 14.9 Å². The summed E-state index contributed by atoms with van der Waals surface area (Å²) in [4.78, 5) is 24.1. The standard InChI is InChI=1S/C23H24N6O3S/c1-14-6-5-7-18(8-14)11-27-15(2)9-21(26-27)24-23(30)20-10-19(13-33-20)12-28-17(4)22(29(31)32)16(3)25-28/h5-10,13H,11-12H2,1-4H3,(H,24,26,30). The van der Waals surface area contributed by atoms with Crippen LogP contribution in [-0.4, -0.2) is 30.4 Å². The molecular formula is C23H24N6O3S. The molecule has 0 aliphatic carbocycles. The minimum absolute atomic E-state index is 0.0276. The van der Waals surface area contributed by atoms with Crippen LogP contribution in [0.1, 0.15) is 43.4 Å². The normalized spacial score (nSPS) is 11.0. The SMILES string of the molecule is Cc1cccc(Cn2nc(NC(=O)c3cc(Cn4nc(C)c([N+](=O)[O-])c4C)cs3)cc2C)c1. The van der Waals surface area contributed by atoms with E-state index in [0.717, 1.165) is 16.8 Å². The lowest BCUT2D eigenvalue weighted by Crippen LogP contribution is -2.11. The Kier molecular flexibility index (Phi) is 6.10. The molecule has 4 aromatic rings. The summed E-state index contributed by atoms with van der Waals surface area (Å²) in [7, 11) is 0. The molecule has 170 valence electrons. The van der Waals surface area contributed by atoms with E-state index < -0.39 is 4.92 Å². The first-order valence-corrected chi connectivity index (χ1v) is 11.3. The number of nitrogens with zero attached hydrogens (tertiary/aromatic N) is 5. The van der Waals surface area contributed by atoms with Crippen LogP contribution in [-0.2, 0) is 13.1 Å². The Labute approximate surface area is 194 Å². The molecule has 3 heterocycles. The summed E-state index contributed by atoms with van der Waals surface area (Å²) in [6, 6.07) is 11.9. The molecule has 0 unspecified atom stereocenters. The van der Waals surface area contributed by atoms with E-state index in [1.807, 2.05) is 29.1 Å². The Morgan fingerprint density at radius 3 is 2.52 bits per heavy atom. The van der Waals surface area contributed by atoms with E-state index in [1.54, 1.807) is 24.6 Å². The van der Waals surface area contributed by atoms with Crippen LogP contribution in [0.2, 0.25) is 0 Å². The first-order chi connectivity index (χ1) is 15.7. The molecule has 10 heteroatoms. The number of anilines is 1. The van der Waals surface area contributed by atoms with Crippen molar-refractivity contribution in [3.8, 4) is 0 Å². The van der Waals surface area contributed by atoms with Gasteiger partial charge in [0.25, 0.3) is 5.91 Å². The predicted octanol–water partition coefficient (Wildman–Crippen LogP) is 4.63. The molecule has 0 aliphatic heterocycles. The Balaban J connectivity index is 1.44. The van der Waals surface area contributed by atoms with Gasteiger partial charge >= 0.3 is 5.69 Å². The fourth-order valence-corrected chi connectivity index (χ4v) is 4.55. The zero-order valence-corrected chi connectivity index (χ0v) is 19.6. The fourth-order valence-electron chi connectivity index (χ4n) is 3.75. The van der Waals surface area contributed by atoms with Crippen molar-refractivity contribution in [2.24, 2.45) is 0 Å². The summed E-state index contributed by atoms with van der Waals surface area (Å²) < 4.78 is 3.45. The van der Waals surface area contributed by atoms with E-state index in [4.69, 9.17) is 0 Å². The van der Waals surface area contributed by atoms with E-state index in [1.165, 1.54) is 16.9 Å². The highest BCUT2D eigenvalue weighted by Crippen LogP contribution is 2.24. The number of thiophene rings is 1. The number of hydrogen-bond donors (Lipinski definition) is 1. The molecule has 0 saturated carbocycles. The smallest absolute Gasteiger partial charge is 0.304 e. The maximum atomic E-state index is 12.8. The minimum Gasteiger partial charge on any atom is -0.304 e. The average Bonchev–Trinajstić information content (AvgIpc) is 3.41. The topological polar surface area (TPSA) is 108 Å². The molecule has 0 aliphatic rings. The third-order valence-corrected chi connectivity index (χ3v) is 6.35. The highest BCUT2D eigenvalue weighted by molar-refractivity contribution is 7.12. The van der Waals surface area contributed by atoms with Gasteiger partial charge in [-0.2, -0.15) is 10.2 Å². The molecule has 1 amide bonds. The van der Waals surface area contributed by atoms with Gasteiger partial charge in [-0.3, -0.25) is 24.3 Å². The number of hydrogen-bond acceptors (Lipinski definition) is 6. The van der Waals surface area contributed by atoms with Crippen molar-refractivity contribution >= 4 is 28.7 Å². The Hall–Kier alpha value is -3.79. The van der Waals surface area contributed by atoms with Crippen LogP contribution in [0.5, 0.6) is 0 Å². The number of aryl methyl sites for hydroxylation is 3. The molecule has 0 spiro atoms. The molecule has 1 aromatic carbocycles. The first kappa shape index (κ1) is 22.4. The third-order valence-electron chi connectivity index (χ3n) is 5.37. The van der Waals surface area contributed by atoms with Crippen molar-refractivity contribution in [3.05, 3.63) is 90.5 Å². The maximum Gasteiger partial charge on any atom is 0.312 e. The molecule has 1 N–H and O–H groups in total. The van der Waals surface area contributed by atoms with Gasteiger partial charge in [-0.1, -0.05) is 29.8 Å². The van der Waals surface area contributed by atoms with Crippen LogP contribution in [0, 0.1) is 37.8 Å². The number of carbonyl (C=O) groups excluding carboxylic acids is 1. The fraction of sp³-hybridized carbons (Fsp3) is 0.261. The number of carbonyl (C=O) groups is 1. The molecule has 0 fully saturated rings. The molecule has 9 nitrogen and oxygen atoms in total. The van der Waals surface area contributed by atoms with Crippen molar-refractivity contribution in [3.63, 3.8) is 0 Å².